The van der Waals surface area contributed by atoms with E-state index in [1.165, 1.54) is 16.2 Å². The third kappa shape index (κ3) is 5.24. The first-order chi connectivity index (χ1) is 19.3. The summed E-state index contributed by atoms with van der Waals surface area (Å²) in [7, 11) is 3.13. The summed E-state index contributed by atoms with van der Waals surface area (Å²) in [6, 6.07) is 18.5. The van der Waals surface area contributed by atoms with Crippen LogP contribution >= 0.6 is 11.3 Å². The van der Waals surface area contributed by atoms with Gasteiger partial charge in [-0.25, -0.2) is 4.98 Å². The highest BCUT2D eigenvalue weighted by Crippen LogP contribution is 2.45. The first-order valence-electron chi connectivity index (χ1n) is 12.9. The third-order valence-electron chi connectivity index (χ3n) is 6.74. The first-order valence-corrected chi connectivity index (χ1v) is 13.7. The molecule has 206 valence electrons. The van der Waals surface area contributed by atoms with Crippen molar-refractivity contribution in [1.29, 1.82) is 0 Å². The Bertz CT molecular complexity index is 1590. The molecular weight excluding hydrogens is 528 g/mol. The topological polar surface area (TPSA) is 98.2 Å². The Labute approximate surface area is 236 Å². The van der Waals surface area contributed by atoms with Gasteiger partial charge in [0.2, 0.25) is 0 Å². The fraction of sp³-hybridized carbons (Fsp3) is 0.258. The van der Waals surface area contributed by atoms with Gasteiger partial charge in [-0.05, 0) is 72.5 Å². The van der Waals surface area contributed by atoms with E-state index < -0.39 is 17.7 Å². The number of aliphatic hydroxyl groups is 1. The highest BCUT2D eigenvalue weighted by molar-refractivity contribution is 7.22. The van der Waals surface area contributed by atoms with E-state index in [4.69, 9.17) is 14.2 Å². The van der Waals surface area contributed by atoms with Gasteiger partial charge in [0.1, 0.15) is 23.0 Å². The van der Waals surface area contributed by atoms with E-state index in [0.717, 1.165) is 11.1 Å². The summed E-state index contributed by atoms with van der Waals surface area (Å²) in [5, 5.41) is 11.8. The molecule has 1 unspecified atom stereocenters. The van der Waals surface area contributed by atoms with Crippen molar-refractivity contribution >= 4 is 44.1 Å². The van der Waals surface area contributed by atoms with Gasteiger partial charge in [-0.15, -0.1) is 0 Å². The van der Waals surface area contributed by atoms with Gasteiger partial charge >= 0.3 is 5.91 Å². The summed E-state index contributed by atoms with van der Waals surface area (Å²) >= 11 is 1.27. The summed E-state index contributed by atoms with van der Waals surface area (Å²) in [5.41, 5.74) is 1.66. The molecular formula is C31H30N2O6S. The number of rotatable bonds is 9. The number of carbonyl (C=O) groups is 2. The van der Waals surface area contributed by atoms with E-state index in [1.807, 2.05) is 30.3 Å². The van der Waals surface area contributed by atoms with E-state index in [9.17, 15) is 14.7 Å². The molecule has 0 spiro atoms. The van der Waals surface area contributed by atoms with E-state index in [1.54, 1.807) is 50.6 Å². The molecule has 0 saturated carbocycles. The minimum absolute atomic E-state index is 0.0219. The molecule has 8 nitrogen and oxygen atoms in total. The van der Waals surface area contributed by atoms with E-state index in [2.05, 4.69) is 18.8 Å². The Kier molecular flexibility index (Phi) is 7.75. The molecule has 1 aliphatic rings. The number of amides is 1. The van der Waals surface area contributed by atoms with Crippen molar-refractivity contribution in [1.82, 2.24) is 4.98 Å². The number of aromatic nitrogens is 1. The second kappa shape index (κ2) is 11.4. The zero-order valence-electron chi connectivity index (χ0n) is 22.7. The molecule has 1 aromatic heterocycles. The van der Waals surface area contributed by atoms with Gasteiger partial charge in [0.25, 0.3) is 5.78 Å². The maximum absolute atomic E-state index is 13.6. The van der Waals surface area contributed by atoms with Crippen LogP contribution in [0.2, 0.25) is 0 Å². The molecule has 0 radical (unpaired) electrons. The molecule has 1 atom stereocenters. The normalized spacial score (nSPS) is 16.6. The van der Waals surface area contributed by atoms with Crippen molar-refractivity contribution in [3.05, 3.63) is 83.4 Å². The summed E-state index contributed by atoms with van der Waals surface area (Å²) in [6.45, 7) is 4.78. The van der Waals surface area contributed by atoms with E-state index in [-0.39, 0.29) is 11.3 Å². The van der Waals surface area contributed by atoms with Gasteiger partial charge in [0, 0.05) is 5.56 Å². The molecule has 0 bridgehead atoms. The van der Waals surface area contributed by atoms with Crippen molar-refractivity contribution in [2.75, 3.05) is 25.7 Å². The Morgan fingerprint density at radius 3 is 2.40 bits per heavy atom. The second-order valence-corrected chi connectivity index (χ2v) is 10.8. The molecule has 1 saturated heterocycles. The Morgan fingerprint density at radius 2 is 1.70 bits per heavy atom. The van der Waals surface area contributed by atoms with Gasteiger partial charge in [-0.3, -0.25) is 14.5 Å². The summed E-state index contributed by atoms with van der Waals surface area (Å²) in [4.78, 5) is 33.2. The fourth-order valence-electron chi connectivity index (χ4n) is 4.56. The van der Waals surface area contributed by atoms with Crippen molar-refractivity contribution in [3.63, 3.8) is 0 Å². The van der Waals surface area contributed by atoms with E-state index in [0.29, 0.717) is 51.5 Å². The molecule has 1 fully saturated rings. The van der Waals surface area contributed by atoms with Crippen LogP contribution in [0.25, 0.3) is 16.0 Å². The van der Waals surface area contributed by atoms with Crippen LogP contribution in [0, 0.1) is 5.92 Å². The number of methoxy groups -OCH3 is 2. The van der Waals surface area contributed by atoms with Crippen LogP contribution in [-0.2, 0) is 9.59 Å². The van der Waals surface area contributed by atoms with Crippen LogP contribution < -0.4 is 19.1 Å². The first kappa shape index (κ1) is 27.2. The fourth-order valence-corrected chi connectivity index (χ4v) is 5.58. The average Bonchev–Trinajstić information content (AvgIpc) is 3.50. The van der Waals surface area contributed by atoms with Crippen LogP contribution in [0.1, 0.15) is 37.4 Å². The minimum Gasteiger partial charge on any atom is -0.507 e. The number of hydrogen-bond donors (Lipinski definition) is 1. The Balaban J connectivity index is 1.64. The number of anilines is 1. The summed E-state index contributed by atoms with van der Waals surface area (Å²) in [6.07, 6.45) is 0.884. The number of hydrogen-bond acceptors (Lipinski definition) is 8. The quantitative estimate of drug-likeness (QED) is 0.145. The number of thiazole rings is 1. The maximum atomic E-state index is 13.6. The van der Waals surface area contributed by atoms with E-state index >= 15 is 0 Å². The van der Waals surface area contributed by atoms with Gasteiger partial charge in [-0.2, -0.15) is 0 Å². The van der Waals surface area contributed by atoms with Crippen molar-refractivity contribution in [3.8, 4) is 17.2 Å². The highest BCUT2D eigenvalue weighted by Gasteiger charge is 2.48. The van der Waals surface area contributed by atoms with Crippen molar-refractivity contribution in [2.24, 2.45) is 5.92 Å². The zero-order valence-corrected chi connectivity index (χ0v) is 23.5. The monoisotopic (exact) mass is 558 g/mol. The lowest BCUT2D eigenvalue weighted by Crippen LogP contribution is -2.29. The van der Waals surface area contributed by atoms with Gasteiger partial charge < -0.3 is 19.3 Å². The molecule has 5 rings (SSSR count). The lowest BCUT2D eigenvalue weighted by atomic mass is 9.95. The Hall–Kier alpha value is -4.37. The standard InChI is InChI=1S/C31H30N2O6S/c1-18(2)14-15-39-23-7-5-6-20(16-23)27-26(28(34)19-8-10-21(37-3)11-9-19)29(35)30(36)33(27)31-32-24-13-12-22(38-4)17-25(24)40-31/h5-13,16-18,27,34H,14-15H2,1-4H3. The van der Waals surface area contributed by atoms with Gasteiger partial charge in [0.15, 0.2) is 5.13 Å². The second-order valence-electron chi connectivity index (χ2n) is 9.83. The largest absolute Gasteiger partial charge is 0.507 e. The maximum Gasteiger partial charge on any atom is 0.301 e. The Morgan fingerprint density at radius 1 is 0.975 bits per heavy atom. The zero-order chi connectivity index (χ0) is 28.4. The molecule has 2 heterocycles. The third-order valence-corrected chi connectivity index (χ3v) is 7.75. The molecule has 1 aliphatic heterocycles. The lowest BCUT2D eigenvalue weighted by molar-refractivity contribution is -0.132. The highest BCUT2D eigenvalue weighted by atomic mass is 32.1. The minimum atomic E-state index is -0.918. The van der Waals surface area contributed by atoms with Crippen LogP contribution in [0.3, 0.4) is 0 Å². The van der Waals surface area contributed by atoms with Crippen LogP contribution in [-0.4, -0.2) is 42.6 Å². The molecule has 4 aromatic rings. The number of fused-ring (bicyclic) bond motifs is 1. The summed E-state index contributed by atoms with van der Waals surface area (Å²) < 4.78 is 17.4. The van der Waals surface area contributed by atoms with Crippen LogP contribution in [0.5, 0.6) is 17.2 Å². The average molecular weight is 559 g/mol. The van der Waals surface area contributed by atoms with Crippen molar-refractivity contribution < 1.29 is 28.9 Å². The number of benzene rings is 3. The predicted octanol–water partition coefficient (Wildman–Crippen LogP) is 6.36. The number of aliphatic hydroxyl groups excluding tert-OH is 1. The molecule has 1 N–H and O–H groups in total. The molecule has 1 amide bonds. The number of ether oxygens (including phenoxy) is 3. The van der Waals surface area contributed by atoms with Gasteiger partial charge in [-0.1, -0.05) is 37.3 Å². The lowest BCUT2D eigenvalue weighted by Gasteiger charge is -2.23. The number of carbonyl (C=O) groups excluding carboxylic acids is 2. The number of Topliss-reactive ketones (excluding diaryl/α,β-unsaturated/α-hetero) is 1. The predicted molar refractivity (Wildman–Crippen MR) is 155 cm³/mol. The van der Waals surface area contributed by atoms with Gasteiger partial charge in [0.05, 0.1) is 42.7 Å². The summed E-state index contributed by atoms with van der Waals surface area (Å²) in [5.74, 6) is 0.525. The number of nitrogens with zero attached hydrogens (tertiary/aromatic N) is 2. The molecule has 9 heteroatoms. The molecule has 40 heavy (non-hydrogen) atoms. The number of ketones is 1. The van der Waals surface area contributed by atoms with Crippen LogP contribution in [0.4, 0.5) is 5.13 Å². The smallest absolute Gasteiger partial charge is 0.301 e. The van der Waals surface area contributed by atoms with Crippen LogP contribution in [0.15, 0.2) is 72.3 Å². The molecule has 3 aromatic carbocycles. The SMILES string of the molecule is COc1ccc(C(O)=C2C(=O)C(=O)N(c3nc4ccc(OC)cc4s3)C2c2cccc(OCCC(C)C)c2)cc1. The molecule has 0 aliphatic carbocycles. The van der Waals surface area contributed by atoms with Crippen molar-refractivity contribution in [2.45, 2.75) is 26.3 Å².